The van der Waals surface area contributed by atoms with Gasteiger partial charge in [0.2, 0.25) is 0 Å². The van der Waals surface area contributed by atoms with Crippen LogP contribution in [0.15, 0.2) is 24.3 Å². The quantitative estimate of drug-likeness (QED) is 0.678. The molecule has 24 heavy (non-hydrogen) atoms. The van der Waals surface area contributed by atoms with Crippen molar-refractivity contribution in [1.29, 1.82) is 0 Å². The average Bonchev–Trinajstić information content (AvgIpc) is 2.49. The van der Waals surface area contributed by atoms with E-state index in [4.69, 9.17) is 18.9 Å². The highest BCUT2D eigenvalue weighted by atomic mass is 16.6. The van der Waals surface area contributed by atoms with Crippen LogP contribution >= 0.6 is 0 Å². The lowest BCUT2D eigenvalue weighted by Gasteiger charge is -2.25. The normalized spacial score (nSPS) is 11.6. The Morgan fingerprint density at radius 2 is 1.04 bits per heavy atom. The number of rotatable bonds is 8. The molecule has 0 N–H and O–H groups in total. The highest BCUT2D eigenvalue weighted by molar-refractivity contribution is 5.79. The summed E-state index contributed by atoms with van der Waals surface area (Å²) in [5.74, 6) is 0.117. The number of benzene rings is 1. The molecule has 6 heteroatoms. The fourth-order valence-corrected chi connectivity index (χ4v) is 1.86. The molecule has 0 bridgehead atoms. The van der Waals surface area contributed by atoms with Crippen LogP contribution in [0, 0.1) is 0 Å². The van der Waals surface area contributed by atoms with Gasteiger partial charge in [0, 0.05) is 0 Å². The maximum atomic E-state index is 11.8. The van der Waals surface area contributed by atoms with Crippen LogP contribution < -0.4 is 9.47 Å². The van der Waals surface area contributed by atoms with Gasteiger partial charge < -0.3 is 18.9 Å². The maximum Gasteiger partial charge on any atom is 0.349 e. The highest BCUT2D eigenvalue weighted by Crippen LogP contribution is 2.25. The van der Waals surface area contributed by atoms with E-state index in [0.717, 1.165) is 0 Å². The first-order valence-electron chi connectivity index (χ1n) is 7.95. The van der Waals surface area contributed by atoms with Gasteiger partial charge >= 0.3 is 11.9 Å². The van der Waals surface area contributed by atoms with Crippen molar-refractivity contribution in [2.45, 2.75) is 52.7 Å². The SMILES string of the molecule is CCOC(=O)C(C)(C)Oc1ccc(OC(C)(C)C(=O)OCC)cc1. The van der Waals surface area contributed by atoms with Crippen molar-refractivity contribution < 1.29 is 28.5 Å². The van der Waals surface area contributed by atoms with E-state index < -0.39 is 23.1 Å². The molecule has 0 fully saturated rings. The fourth-order valence-electron chi connectivity index (χ4n) is 1.86. The summed E-state index contributed by atoms with van der Waals surface area (Å²) in [5.41, 5.74) is -2.19. The molecule has 0 aliphatic rings. The molecule has 0 spiro atoms. The molecule has 0 aliphatic heterocycles. The minimum absolute atomic E-state index is 0.293. The summed E-state index contributed by atoms with van der Waals surface area (Å²) in [4.78, 5) is 23.7. The van der Waals surface area contributed by atoms with Crippen LogP contribution in [-0.4, -0.2) is 36.4 Å². The van der Waals surface area contributed by atoms with Gasteiger partial charge in [0.15, 0.2) is 11.2 Å². The summed E-state index contributed by atoms with van der Waals surface area (Å²) in [6.07, 6.45) is 0. The van der Waals surface area contributed by atoms with Crippen LogP contribution in [0.3, 0.4) is 0 Å². The Labute approximate surface area is 143 Å². The second kappa shape index (κ2) is 8.04. The predicted molar refractivity (Wildman–Crippen MR) is 89.1 cm³/mol. The predicted octanol–water partition coefficient (Wildman–Crippen LogP) is 3.13. The van der Waals surface area contributed by atoms with Crippen molar-refractivity contribution in [1.82, 2.24) is 0 Å². The molecule has 0 heterocycles. The van der Waals surface area contributed by atoms with Crippen LogP contribution in [0.2, 0.25) is 0 Å². The minimum atomic E-state index is -1.09. The van der Waals surface area contributed by atoms with Crippen molar-refractivity contribution in [3.8, 4) is 11.5 Å². The van der Waals surface area contributed by atoms with Gasteiger partial charge in [-0.15, -0.1) is 0 Å². The Bertz CT molecular complexity index is 508. The van der Waals surface area contributed by atoms with Crippen LogP contribution in [0.1, 0.15) is 41.5 Å². The highest BCUT2D eigenvalue weighted by Gasteiger charge is 2.33. The number of hydrogen-bond acceptors (Lipinski definition) is 6. The zero-order chi connectivity index (χ0) is 18.4. The standard InChI is InChI=1S/C18H26O6/c1-7-21-15(19)17(3,4)23-13-9-11-14(12-10-13)24-18(5,6)16(20)22-8-2/h9-12H,7-8H2,1-6H3. The molecule has 0 aromatic heterocycles. The fraction of sp³-hybridized carbons (Fsp3) is 0.556. The van der Waals surface area contributed by atoms with E-state index in [9.17, 15) is 9.59 Å². The topological polar surface area (TPSA) is 71.1 Å². The van der Waals surface area contributed by atoms with Crippen molar-refractivity contribution in [2.75, 3.05) is 13.2 Å². The Morgan fingerprint density at radius 3 is 1.29 bits per heavy atom. The van der Waals surface area contributed by atoms with E-state index in [-0.39, 0.29) is 0 Å². The van der Waals surface area contributed by atoms with Crippen molar-refractivity contribution in [3.05, 3.63) is 24.3 Å². The summed E-state index contributed by atoms with van der Waals surface area (Å²) in [6.45, 7) is 10.6. The lowest BCUT2D eigenvalue weighted by Crippen LogP contribution is -2.40. The molecule has 0 amide bonds. The molecule has 1 aromatic rings. The number of ether oxygens (including phenoxy) is 4. The van der Waals surface area contributed by atoms with Crippen molar-refractivity contribution in [2.24, 2.45) is 0 Å². The molecule has 6 nitrogen and oxygen atoms in total. The Hall–Kier alpha value is -2.24. The van der Waals surface area contributed by atoms with Gasteiger partial charge in [-0.05, 0) is 65.8 Å². The lowest BCUT2D eigenvalue weighted by atomic mass is 10.1. The third-order valence-electron chi connectivity index (χ3n) is 3.10. The molecule has 0 saturated heterocycles. The largest absolute Gasteiger partial charge is 0.476 e. The smallest absolute Gasteiger partial charge is 0.349 e. The van der Waals surface area contributed by atoms with Crippen molar-refractivity contribution >= 4 is 11.9 Å². The summed E-state index contributed by atoms with van der Waals surface area (Å²) >= 11 is 0. The molecule has 0 unspecified atom stereocenters. The Kier molecular flexibility index (Phi) is 6.63. The van der Waals surface area contributed by atoms with Gasteiger partial charge in [0.25, 0.3) is 0 Å². The van der Waals surface area contributed by atoms with E-state index in [2.05, 4.69) is 0 Å². The van der Waals surface area contributed by atoms with Crippen LogP contribution in [-0.2, 0) is 19.1 Å². The monoisotopic (exact) mass is 338 g/mol. The summed E-state index contributed by atoms with van der Waals surface area (Å²) in [5, 5.41) is 0. The lowest BCUT2D eigenvalue weighted by molar-refractivity contribution is -0.159. The average molecular weight is 338 g/mol. The Balaban J connectivity index is 2.76. The summed E-state index contributed by atoms with van der Waals surface area (Å²) in [6, 6.07) is 6.66. The molecular formula is C18H26O6. The molecular weight excluding hydrogens is 312 g/mol. The zero-order valence-electron chi connectivity index (χ0n) is 15.2. The summed E-state index contributed by atoms with van der Waals surface area (Å²) < 4.78 is 21.3. The third-order valence-corrected chi connectivity index (χ3v) is 3.10. The van der Waals surface area contributed by atoms with Gasteiger partial charge in [0.1, 0.15) is 11.5 Å². The minimum Gasteiger partial charge on any atom is -0.476 e. The molecule has 0 radical (unpaired) electrons. The van der Waals surface area contributed by atoms with Gasteiger partial charge in [-0.1, -0.05) is 0 Å². The number of hydrogen-bond donors (Lipinski definition) is 0. The second-order valence-electron chi connectivity index (χ2n) is 6.14. The molecule has 0 aliphatic carbocycles. The van der Waals surface area contributed by atoms with E-state index in [1.165, 1.54) is 0 Å². The third kappa shape index (κ3) is 5.44. The first-order valence-corrected chi connectivity index (χ1v) is 7.95. The molecule has 0 atom stereocenters. The Morgan fingerprint density at radius 1 is 0.750 bits per heavy atom. The summed E-state index contributed by atoms with van der Waals surface area (Å²) in [7, 11) is 0. The van der Waals surface area contributed by atoms with Crippen LogP contribution in [0.4, 0.5) is 0 Å². The van der Waals surface area contributed by atoms with Crippen molar-refractivity contribution in [3.63, 3.8) is 0 Å². The van der Waals surface area contributed by atoms with E-state index in [1.54, 1.807) is 65.8 Å². The van der Waals surface area contributed by atoms with Gasteiger partial charge in [-0.25, -0.2) is 9.59 Å². The number of carbonyl (C=O) groups is 2. The van der Waals surface area contributed by atoms with Crippen LogP contribution in [0.25, 0.3) is 0 Å². The van der Waals surface area contributed by atoms with E-state index in [0.29, 0.717) is 24.7 Å². The number of esters is 2. The second-order valence-corrected chi connectivity index (χ2v) is 6.14. The molecule has 134 valence electrons. The van der Waals surface area contributed by atoms with Crippen LogP contribution in [0.5, 0.6) is 11.5 Å². The first-order chi connectivity index (χ1) is 11.1. The molecule has 1 rings (SSSR count). The maximum absolute atomic E-state index is 11.8. The molecule has 0 saturated carbocycles. The number of carbonyl (C=O) groups excluding carboxylic acids is 2. The van der Waals surface area contributed by atoms with Gasteiger partial charge in [-0.3, -0.25) is 0 Å². The van der Waals surface area contributed by atoms with Gasteiger partial charge in [0.05, 0.1) is 13.2 Å². The van der Waals surface area contributed by atoms with E-state index >= 15 is 0 Å². The molecule has 1 aromatic carbocycles. The first kappa shape index (κ1) is 19.8. The van der Waals surface area contributed by atoms with Gasteiger partial charge in [-0.2, -0.15) is 0 Å². The van der Waals surface area contributed by atoms with E-state index in [1.807, 2.05) is 0 Å². The zero-order valence-corrected chi connectivity index (χ0v) is 15.2.